The van der Waals surface area contributed by atoms with Gasteiger partial charge in [-0.1, -0.05) is 0 Å². The molecule has 0 bridgehead atoms. The Labute approximate surface area is 103 Å². The molecule has 18 heavy (non-hydrogen) atoms. The van der Waals surface area contributed by atoms with Crippen LogP contribution in [0.2, 0.25) is 0 Å². The SMILES string of the molecule is NS(=O)(=O)c1cn(C2CCOCC2)nc1[N+](=O)[O-]. The summed E-state index contributed by atoms with van der Waals surface area (Å²) in [6, 6.07) is -0.104. The standard InChI is InChI=1S/C8H12N4O5S/c9-18(15,16)7-5-11(10-8(7)12(13)14)6-1-3-17-4-2-6/h5-6H,1-4H2,(H2,9,15,16). The van der Waals surface area contributed by atoms with Crippen molar-refractivity contribution in [2.24, 2.45) is 5.14 Å². The summed E-state index contributed by atoms with van der Waals surface area (Å²) in [5.41, 5.74) is 0. The molecule has 0 aliphatic carbocycles. The van der Waals surface area contributed by atoms with Crippen molar-refractivity contribution < 1.29 is 18.1 Å². The van der Waals surface area contributed by atoms with E-state index in [9.17, 15) is 18.5 Å². The average molecular weight is 276 g/mol. The van der Waals surface area contributed by atoms with E-state index in [-0.39, 0.29) is 6.04 Å². The molecular formula is C8H12N4O5S. The molecule has 0 atom stereocenters. The molecule has 2 heterocycles. The molecule has 0 aromatic carbocycles. The third-order valence-corrected chi connectivity index (χ3v) is 3.63. The van der Waals surface area contributed by atoms with E-state index in [1.807, 2.05) is 0 Å². The molecule has 100 valence electrons. The fraction of sp³-hybridized carbons (Fsp3) is 0.625. The number of nitro groups is 1. The van der Waals surface area contributed by atoms with E-state index in [1.165, 1.54) is 4.68 Å². The van der Waals surface area contributed by atoms with Crippen LogP contribution >= 0.6 is 0 Å². The zero-order chi connectivity index (χ0) is 13.3. The first-order valence-electron chi connectivity index (χ1n) is 5.23. The topological polar surface area (TPSA) is 130 Å². The van der Waals surface area contributed by atoms with Gasteiger partial charge in [0.25, 0.3) is 0 Å². The van der Waals surface area contributed by atoms with Gasteiger partial charge in [-0.25, -0.2) is 13.6 Å². The molecular weight excluding hydrogens is 264 g/mol. The van der Waals surface area contributed by atoms with Gasteiger partial charge in [-0.3, -0.25) is 0 Å². The highest BCUT2D eigenvalue weighted by Crippen LogP contribution is 2.26. The zero-order valence-electron chi connectivity index (χ0n) is 9.35. The summed E-state index contributed by atoms with van der Waals surface area (Å²) in [5, 5.41) is 19.4. The van der Waals surface area contributed by atoms with Crippen molar-refractivity contribution in [3.63, 3.8) is 0 Å². The van der Waals surface area contributed by atoms with Crippen molar-refractivity contribution in [3.05, 3.63) is 16.3 Å². The number of nitrogens with zero attached hydrogens (tertiary/aromatic N) is 3. The predicted molar refractivity (Wildman–Crippen MR) is 59.3 cm³/mol. The number of sulfonamides is 1. The molecule has 9 nitrogen and oxygen atoms in total. The molecule has 2 rings (SSSR count). The van der Waals surface area contributed by atoms with Crippen LogP contribution in [0.1, 0.15) is 18.9 Å². The predicted octanol–water partition coefficient (Wildman–Crippen LogP) is -0.210. The molecule has 1 aromatic heterocycles. The Balaban J connectivity index is 2.42. The van der Waals surface area contributed by atoms with Gasteiger partial charge in [-0.15, -0.1) is 0 Å². The summed E-state index contributed by atoms with van der Waals surface area (Å²) in [4.78, 5) is 9.34. The van der Waals surface area contributed by atoms with Crippen LogP contribution in [-0.2, 0) is 14.8 Å². The van der Waals surface area contributed by atoms with Crippen molar-refractivity contribution in [1.82, 2.24) is 9.78 Å². The van der Waals surface area contributed by atoms with E-state index in [0.29, 0.717) is 26.1 Å². The average Bonchev–Trinajstić information content (AvgIpc) is 2.74. The summed E-state index contributed by atoms with van der Waals surface area (Å²) in [6.07, 6.45) is 2.37. The molecule has 0 amide bonds. The highest BCUT2D eigenvalue weighted by atomic mass is 32.2. The third-order valence-electron chi connectivity index (χ3n) is 2.72. The lowest BCUT2D eigenvalue weighted by Gasteiger charge is -2.19. The molecule has 0 saturated carbocycles. The largest absolute Gasteiger partial charge is 0.410 e. The van der Waals surface area contributed by atoms with E-state index < -0.39 is 25.7 Å². The third kappa shape index (κ3) is 2.49. The lowest BCUT2D eigenvalue weighted by molar-refractivity contribution is -0.392. The first-order chi connectivity index (χ1) is 8.39. The molecule has 2 N–H and O–H groups in total. The molecule has 1 aliphatic heterocycles. The van der Waals surface area contributed by atoms with Gasteiger partial charge >= 0.3 is 5.82 Å². The highest BCUT2D eigenvalue weighted by Gasteiger charge is 2.31. The molecule has 0 unspecified atom stereocenters. The molecule has 0 spiro atoms. The molecule has 0 radical (unpaired) electrons. The normalized spacial score (nSPS) is 17.8. The molecule has 1 fully saturated rings. The minimum atomic E-state index is -4.15. The van der Waals surface area contributed by atoms with E-state index >= 15 is 0 Å². The maximum atomic E-state index is 11.2. The number of hydrogen-bond acceptors (Lipinski definition) is 6. The minimum absolute atomic E-state index is 0.104. The number of hydrogen-bond donors (Lipinski definition) is 1. The lowest BCUT2D eigenvalue weighted by Crippen LogP contribution is -2.20. The second-order valence-corrected chi connectivity index (χ2v) is 5.47. The summed E-state index contributed by atoms with van der Waals surface area (Å²) < 4.78 is 28.9. The number of nitrogens with two attached hydrogens (primary N) is 1. The first kappa shape index (κ1) is 12.9. The van der Waals surface area contributed by atoms with Gasteiger partial charge in [0.15, 0.2) is 0 Å². The van der Waals surface area contributed by atoms with E-state index in [0.717, 1.165) is 6.20 Å². The van der Waals surface area contributed by atoms with Crippen LogP contribution in [0.4, 0.5) is 5.82 Å². The number of rotatable bonds is 3. The Bertz CT molecular complexity index is 560. The van der Waals surface area contributed by atoms with Crippen LogP contribution in [0.25, 0.3) is 0 Å². The van der Waals surface area contributed by atoms with Gasteiger partial charge in [0.05, 0.1) is 17.3 Å². The van der Waals surface area contributed by atoms with Crippen molar-refractivity contribution in [2.75, 3.05) is 13.2 Å². The fourth-order valence-electron chi connectivity index (χ4n) is 1.83. The van der Waals surface area contributed by atoms with Gasteiger partial charge in [0.2, 0.25) is 14.9 Å². The van der Waals surface area contributed by atoms with E-state index in [4.69, 9.17) is 9.88 Å². The van der Waals surface area contributed by atoms with E-state index in [2.05, 4.69) is 5.10 Å². The van der Waals surface area contributed by atoms with Crippen molar-refractivity contribution in [3.8, 4) is 0 Å². The van der Waals surface area contributed by atoms with Crippen LogP contribution in [-0.4, -0.2) is 36.3 Å². The minimum Gasteiger partial charge on any atom is -0.381 e. The Morgan fingerprint density at radius 3 is 2.56 bits per heavy atom. The Morgan fingerprint density at radius 2 is 2.11 bits per heavy atom. The zero-order valence-corrected chi connectivity index (χ0v) is 10.2. The maximum absolute atomic E-state index is 11.2. The van der Waals surface area contributed by atoms with Gasteiger partial charge in [-0.05, 0) is 17.8 Å². The number of primary sulfonamides is 1. The Morgan fingerprint density at radius 1 is 1.50 bits per heavy atom. The number of aromatic nitrogens is 2. The van der Waals surface area contributed by atoms with Crippen molar-refractivity contribution >= 4 is 15.8 Å². The quantitative estimate of drug-likeness (QED) is 0.600. The summed E-state index contributed by atoms with van der Waals surface area (Å²) in [6.45, 7) is 1.03. The van der Waals surface area contributed by atoms with Crippen LogP contribution < -0.4 is 5.14 Å². The summed E-state index contributed by atoms with van der Waals surface area (Å²) in [7, 11) is -4.15. The maximum Gasteiger partial charge on any atom is 0.410 e. The summed E-state index contributed by atoms with van der Waals surface area (Å²) in [5.74, 6) is -0.732. The van der Waals surface area contributed by atoms with Gasteiger partial charge in [0, 0.05) is 13.2 Å². The van der Waals surface area contributed by atoms with Gasteiger partial charge in [-0.2, -0.15) is 4.68 Å². The van der Waals surface area contributed by atoms with Gasteiger partial charge < -0.3 is 14.9 Å². The van der Waals surface area contributed by atoms with Crippen LogP contribution in [0.5, 0.6) is 0 Å². The smallest absolute Gasteiger partial charge is 0.381 e. The van der Waals surface area contributed by atoms with Crippen molar-refractivity contribution in [1.29, 1.82) is 0 Å². The lowest BCUT2D eigenvalue weighted by atomic mass is 10.1. The van der Waals surface area contributed by atoms with E-state index in [1.54, 1.807) is 0 Å². The molecule has 1 aromatic rings. The molecule has 1 aliphatic rings. The molecule has 1 saturated heterocycles. The van der Waals surface area contributed by atoms with Gasteiger partial charge in [0.1, 0.15) is 0 Å². The molecule has 10 heteroatoms. The first-order valence-corrected chi connectivity index (χ1v) is 6.78. The van der Waals surface area contributed by atoms with Crippen molar-refractivity contribution in [2.45, 2.75) is 23.8 Å². The van der Waals surface area contributed by atoms with Crippen LogP contribution in [0.3, 0.4) is 0 Å². The summed E-state index contributed by atoms with van der Waals surface area (Å²) >= 11 is 0. The number of ether oxygens (including phenoxy) is 1. The van der Waals surface area contributed by atoms with Crippen LogP contribution in [0, 0.1) is 10.1 Å². The second-order valence-electron chi connectivity index (χ2n) is 3.94. The second kappa shape index (κ2) is 4.63. The Hall–Kier alpha value is -1.52. The highest BCUT2D eigenvalue weighted by molar-refractivity contribution is 7.89. The van der Waals surface area contributed by atoms with Crippen LogP contribution in [0.15, 0.2) is 11.1 Å². The Kier molecular flexibility index (Phi) is 3.32. The monoisotopic (exact) mass is 276 g/mol. The fourth-order valence-corrected chi connectivity index (χ4v) is 2.45.